The van der Waals surface area contributed by atoms with E-state index in [2.05, 4.69) is 16.4 Å². The predicted molar refractivity (Wildman–Crippen MR) is 103 cm³/mol. The van der Waals surface area contributed by atoms with Crippen molar-refractivity contribution in [3.05, 3.63) is 11.6 Å². The van der Waals surface area contributed by atoms with Crippen molar-refractivity contribution in [1.29, 1.82) is 0 Å². The van der Waals surface area contributed by atoms with Crippen LogP contribution in [0.15, 0.2) is 11.6 Å². The van der Waals surface area contributed by atoms with Gasteiger partial charge in [-0.05, 0) is 6.42 Å². The Bertz CT molecular complexity index is 645. The van der Waals surface area contributed by atoms with Gasteiger partial charge in [-0.15, -0.1) is 0 Å². The molecule has 2 N–H and O–H groups in total. The lowest BCUT2D eigenvalue weighted by atomic mass is 9.85. The molecule has 0 aromatic heterocycles. The van der Waals surface area contributed by atoms with Gasteiger partial charge in [0, 0.05) is 19.6 Å². The lowest BCUT2D eigenvalue weighted by Crippen LogP contribution is -2.54. The van der Waals surface area contributed by atoms with Gasteiger partial charge in [-0.25, -0.2) is 14.4 Å². The number of hydrogen-bond acceptors (Lipinski definition) is 10. The molecule has 1 aliphatic rings. The van der Waals surface area contributed by atoms with Crippen molar-refractivity contribution in [1.82, 2.24) is 0 Å². The average Bonchev–Trinajstić information content (AvgIpc) is 2.99. The molecule has 0 spiro atoms. The van der Waals surface area contributed by atoms with Crippen molar-refractivity contribution in [3.8, 4) is 0 Å². The Morgan fingerprint density at radius 3 is 2.07 bits per heavy atom. The third kappa shape index (κ3) is 5.00. The molecule has 1 heterocycles. The Morgan fingerprint density at radius 1 is 0.933 bits per heavy atom. The summed E-state index contributed by atoms with van der Waals surface area (Å²) in [5.41, 5.74) is -3.24. The fourth-order valence-corrected chi connectivity index (χ4v) is 3.54. The minimum atomic E-state index is -2.56. The molecule has 1 fully saturated rings. The van der Waals surface area contributed by atoms with Crippen molar-refractivity contribution in [2.24, 2.45) is 0 Å². The molecule has 1 saturated heterocycles. The second-order valence-corrected chi connectivity index (χ2v) is 6.97. The standard InChI is InChI=1S/C20H32O10/c1-6-7-8-9-10-11-19(29-5)15(22)16(23)20(30-19,18(25)28-4)13(17(24)27-3)12-14(21)26-2/h12,15-16,22-23H,6-11H2,1-5H3/b13-12-/t15-,16-,19-,20+/m1/s1. The highest BCUT2D eigenvalue weighted by Gasteiger charge is 2.69. The summed E-state index contributed by atoms with van der Waals surface area (Å²) in [6.45, 7) is 2.07. The number of aliphatic hydroxyl groups is 2. The lowest BCUT2D eigenvalue weighted by Gasteiger charge is -2.33. The van der Waals surface area contributed by atoms with Gasteiger partial charge in [0.05, 0.1) is 26.9 Å². The van der Waals surface area contributed by atoms with Crippen molar-refractivity contribution in [3.63, 3.8) is 0 Å². The Balaban J connectivity index is 3.46. The summed E-state index contributed by atoms with van der Waals surface area (Å²) in [6.07, 6.45) is 1.46. The van der Waals surface area contributed by atoms with Gasteiger partial charge in [0.15, 0.2) is 5.79 Å². The Labute approximate surface area is 176 Å². The van der Waals surface area contributed by atoms with Crippen LogP contribution < -0.4 is 0 Å². The molecule has 0 unspecified atom stereocenters. The fourth-order valence-electron chi connectivity index (χ4n) is 3.54. The number of unbranched alkanes of at least 4 members (excludes halogenated alkanes) is 4. The largest absolute Gasteiger partial charge is 0.467 e. The first-order chi connectivity index (χ1) is 14.2. The molecular weight excluding hydrogens is 400 g/mol. The van der Waals surface area contributed by atoms with E-state index in [1.165, 1.54) is 7.11 Å². The zero-order chi connectivity index (χ0) is 22.9. The molecule has 0 aromatic carbocycles. The van der Waals surface area contributed by atoms with Gasteiger partial charge in [0.2, 0.25) is 5.60 Å². The Morgan fingerprint density at radius 2 is 1.57 bits per heavy atom. The molecular formula is C20H32O10. The van der Waals surface area contributed by atoms with Crippen LogP contribution >= 0.6 is 0 Å². The molecule has 10 heteroatoms. The van der Waals surface area contributed by atoms with Crippen molar-refractivity contribution >= 4 is 17.9 Å². The smallest absolute Gasteiger partial charge is 0.346 e. The van der Waals surface area contributed by atoms with Crippen LogP contribution in [0, 0.1) is 0 Å². The van der Waals surface area contributed by atoms with Crippen LogP contribution in [0.25, 0.3) is 0 Å². The molecule has 0 bridgehead atoms. The molecule has 1 rings (SSSR count). The van der Waals surface area contributed by atoms with E-state index in [4.69, 9.17) is 14.2 Å². The zero-order valence-electron chi connectivity index (χ0n) is 18.1. The van der Waals surface area contributed by atoms with Crippen LogP contribution in [0.2, 0.25) is 0 Å². The van der Waals surface area contributed by atoms with Crippen molar-refractivity contribution in [2.45, 2.75) is 69.0 Å². The third-order valence-corrected chi connectivity index (χ3v) is 5.23. The van der Waals surface area contributed by atoms with E-state index in [1.807, 2.05) is 0 Å². The van der Waals surface area contributed by atoms with Gasteiger partial charge in [-0.1, -0.05) is 32.6 Å². The first kappa shape index (κ1) is 26.0. The summed E-state index contributed by atoms with van der Waals surface area (Å²) < 4.78 is 25.2. The van der Waals surface area contributed by atoms with Gasteiger partial charge in [0.1, 0.15) is 12.2 Å². The van der Waals surface area contributed by atoms with E-state index in [1.54, 1.807) is 0 Å². The minimum absolute atomic E-state index is 0.122. The zero-order valence-corrected chi connectivity index (χ0v) is 18.1. The number of methoxy groups -OCH3 is 4. The number of rotatable bonds is 11. The first-order valence-corrected chi connectivity index (χ1v) is 9.79. The summed E-state index contributed by atoms with van der Waals surface area (Å²) in [6, 6.07) is 0. The number of aliphatic hydroxyl groups excluding tert-OH is 2. The molecule has 0 saturated carbocycles. The molecule has 10 nitrogen and oxygen atoms in total. The van der Waals surface area contributed by atoms with Gasteiger partial charge >= 0.3 is 17.9 Å². The SMILES string of the molecule is CCCCCCC[C@@]1(OC)O[C@@](C(=O)OC)(/C(=C\C(=O)OC)C(=O)OC)[C@H](O)[C@H]1O. The second kappa shape index (κ2) is 11.4. The highest BCUT2D eigenvalue weighted by molar-refractivity contribution is 6.05. The summed E-state index contributed by atoms with van der Waals surface area (Å²) in [5, 5.41) is 21.6. The van der Waals surface area contributed by atoms with E-state index in [-0.39, 0.29) is 6.42 Å². The Hall–Kier alpha value is -2.01. The van der Waals surface area contributed by atoms with E-state index in [0.29, 0.717) is 12.5 Å². The van der Waals surface area contributed by atoms with Crippen LogP contribution in [0.5, 0.6) is 0 Å². The number of hydrogen-bond donors (Lipinski definition) is 2. The van der Waals surface area contributed by atoms with Crippen LogP contribution in [0.3, 0.4) is 0 Å². The molecule has 172 valence electrons. The third-order valence-electron chi connectivity index (χ3n) is 5.23. The van der Waals surface area contributed by atoms with E-state index >= 15 is 0 Å². The maximum absolute atomic E-state index is 12.8. The van der Waals surface area contributed by atoms with Gasteiger partial charge in [0.25, 0.3) is 0 Å². The highest BCUT2D eigenvalue weighted by Crippen LogP contribution is 2.46. The predicted octanol–water partition coefficient (Wildman–Crippen LogP) is 0.626. The molecule has 1 aliphatic heterocycles. The number of esters is 3. The molecule has 0 amide bonds. The summed E-state index contributed by atoms with van der Waals surface area (Å²) in [7, 11) is 4.34. The van der Waals surface area contributed by atoms with Crippen molar-refractivity contribution < 1.29 is 48.3 Å². The highest BCUT2D eigenvalue weighted by atomic mass is 16.7. The first-order valence-electron chi connectivity index (χ1n) is 9.79. The molecule has 30 heavy (non-hydrogen) atoms. The molecule has 4 atom stereocenters. The monoisotopic (exact) mass is 432 g/mol. The summed E-state index contributed by atoms with van der Waals surface area (Å²) >= 11 is 0. The molecule has 0 radical (unpaired) electrons. The topological polar surface area (TPSA) is 138 Å². The number of carbonyl (C=O) groups is 3. The molecule has 0 aliphatic carbocycles. The average molecular weight is 432 g/mol. The van der Waals surface area contributed by atoms with Gasteiger partial charge in [-0.3, -0.25) is 0 Å². The maximum Gasteiger partial charge on any atom is 0.346 e. The summed E-state index contributed by atoms with van der Waals surface area (Å²) in [5.74, 6) is -5.17. The van der Waals surface area contributed by atoms with Crippen LogP contribution in [0.4, 0.5) is 0 Å². The van der Waals surface area contributed by atoms with Crippen LogP contribution in [-0.4, -0.2) is 80.2 Å². The van der Waals surface area contributed by atoms with Gasteiger partial charge < -0.3 is 33.9 Å². The normalized spacial score (nSPS) is 28.8. The lowest BCUT2D eigenvalue weighted by molar-refractivity contribution is -0.263. The minimum Gasteiger partial charge on any atom is -0.467 e. The molecule has 0 aromatic rings. The Kier molecular flexibility index (Phi) is 9.89. The fraction of sp³-hybridized carbons (Fsp3) is 0.750. The van der Waals surface area contributed by atoms with E-state index < -0.39 is 47.1 Å². The maximum atomic E-state index is 12.8. The van der Waals surface area contributed by atoms with Crippen LogP contribution in [-0.2, 0) is 38.1 Å². The second-order valence-electron chi connectivity index (χ2n) is 6.97. The quantitative estimate of drug-likeness (QED) is 0.207. The van der Waals surface area contributed by atoms with Crippen molar-refractivity contribution in [2.75, 3.05) is 28.4 Å². The van der Waals surface area contributed by atoms with E-state index in [9.17, 15) is 24.6 Å². The number of ether oxygens (including phenoxy) is 5. The van der Waals surface area contributed by atoms with E-state index in [0.717, 1.165) is 47.0 Å². The number of carbonyl (C=O) groups excluding carboxylic acids is 3. The van der Waals surface area contributed by atoms with Gasteiger partial charge in [-0.2, -0.15) is 0 Å². The summed E-state index contributed by atoms with van der Waals surface area (Å²) in [4.78, 5) is 37.1. The van der Waals surface area contributed by atoms with Crippen LogP contribution in [0.1, 0.15) is 45.4 Å².